The monoisotopic (exact) mass is 100 g/mol. The summed E-state index contributed by atoms with van der Waals surface area (Å²) in [5, 5.41) is 9.84. The van der Waals surface area contributed by atoms with E-state index in [0.29, 0.717) is 5.92 Å². The van der Waals surface area contributed by atoms with Crippen LogP contribution in [-0.4, -0.2) is 6.61 Å². The van der Waals surface area contributed by atoms with Crippen molar-refractivity contribution in [3.8, 4) is 0 Å². The van der Waals surface area contributed by atoms with E-state index in [1.54, 1.807) is 6.42 Å². The molecule has 1 unspecified atom stereocenters. The molecule has 0 bridgehead atoms. The van der Waals surface area contributed by atoms with E-state index in [2.05, 4.69) is 13.8 Å². The maximum absolute atomic E-state index is 9.84. The highest BCUT2D eigenvalue weighted by Gasteiger charge is 1.94. The molecule has 0 fully saturated rings. The van der Waals surface area contributed by atoms with E-state index in [0.717, 1.165) is 6.42 Å². The van der Waals surface area contributed by atoms with E-state index in [-0.39, 0.29) is 6.61 Å². The van der Waals surface area contributed by atoms with Crippen LogP contribution < -0.4 is 0 Å². The molecule has 0 saturated heterocycles. The van der Waals surface area contributed by atoms with Gasteiger partial charge in [-0.3, -0.25) is 0 Å². The third-order valence-corrected chi connectivity index (χ3v) is 1.14. The molecule has 0 aliphatic carbocycles. The summed E-state index contributed by atoms with van der Waals surface area (Å²) in [5.74, 6) is 0.512. The lowest BCUT2D eigenvalue weighted by Gasteiger charge is -2.00. The van der Waals surface area contributed by atoms with Gasteiger partial charge in [-0.25, -0.2) is 5.11 Å². The lowest BCUT2D eigenvalue weighted by molar-refractivity contribution is 0.210. The van der Waals surface area contributed by atoms with Gasteiger partial charge in [-0.1, -0.05) is 20.3 Å². The van der Waals surface area contributed by atoms with Gasteiger partial charge in [0.25, 0.3) is 0 Å². The summed E-state index contributed by atoms with van der Waals surface area (Å²) in [6, 6.07) is 0. The molecule has 0 aliphatic heterocycles. The molecule has 7 heavy (non-hydrogen) atoms. The summed E-state index contributed by atoms with van der Waals surface area (Å²) in [6.45, 7) is 4.10. The second-order valence-corrected chi connectivity index (χ2v) is 1.79. The van der Waals surface area contributed by atoms with E-state index in [1.165, 1.54) is 0 Å². The topological polar surface area (TPSA) is 19.9 Å². The van der Waals surface area contributed by atoms with Crippen molar-refractivity contribution in [1.29, 1.82) is 0 Å². The predicted octanol–water partition coefficient (Wildman–Crippen LogP) is 1.67. The smallest absolute Gasteiger partial charge is 0.0856 e. The highest BCUT2D eigenvalue weighted by Crippen LogP contribution is 2.02. The normalized spacial score (nSPS) is 14.1. The van der Waals surface area contributed by atoms with Crippen LogP contribution in [0.15, 0.2) is 0 Å². The highest BCUT2D eigenvalue weighted by molar-refractivity contribution is 4.68. The van der Waals surface area contributed by atoms with Crippen LogP contribution in [0.1, 0.15) is 20.3 Å². The molecule has 1 heteroatoms. The van der Waals surface area contributed by atoms with E-state index in [1.807, 2.05) is 0 Å². The molecule has 2 radical (unpaired) electrons. The van der Waals surface area contributed by atoms with Gasteiger partial charge in [-0.05, 0) is 12.3 Å². The molecule has 0 aromatic carbocycles. The first-order chi connectivity index (χ1) is 3.31. The summed E-state index contributed by atoms with van der Waals surface area (Å²) in [7, 11) is 0. The van der Waals surface area contributed by atoms with Crippen LogP contribution in [0.3, 0.4) is 0 Å². The number of hydrogen-bond acceptors (Lipinski definition) is 0. The Morgan fingerprint density at radius 2 is 2.29 bits per heavy atom. The Hall–Kier alpha value is -0.0400. The van der Waals surface area contributed by atoms with Gasteiger partial charge in [0.2, 0.25) is 0 Å². The lowest BCUT2D eigenvalue weighted by atomic mass is 10.1. The summed E-state index contributed by atoms with van der Waals surface area (Å²) in [6.07, 6.45) is 2.88. The van der Waals surface area contributed by atoms with Crippen LogP contribution in [0.2, 0.25) is 0 Å². The van der Waals surface area contributed by atoms with Crippen molar-refractivity contribution in [3.63, 3.8) is 0 Å². The summed E-state index contributed by atoms with van der Waals surface area (Å²) in [5.41, 5.74) is 0. The average Bonchev–Trinajstić information content (AvgIpc) is 1.68. The third-order valence-electron chi connectivity index (χ3n) is 1.14. The Bertz CT molecular complexity index is 35.2. The van der Waals surface area contributed by atoms with E-state index in [9.17, 15) is 5.11 Å². The molecule has 0 aromatic heterocycles. The largest absolute Gasteiger partial charge is 0.236 e. The van der Waals surface area contributed by atoms with Gasteiger partial charge in [0.05, 0.1) is 6.61 Å². The fourth-order valence-electron chi connectivity index (χ4n) is 0.331. The Morgan fingerprint density at radius 1 is 1.71 bits per heavy atom. The van der Waals surface area contributed by atoms with Gasteiger partial charge in [0.1, 0.15) is 0 Å². The first-order valence-electron chi connectivity index (χ1n) is 2.72. The highest BCUT2D eigenvalue weighted by atomic mass is 16.2. The first kappa shape index (κ1) is 6.96. The maximum atomic E-state index is 9.84. The third kappa shape index (κ3) is 3.80. The minimum Gasteiger partial charge on any atom is -0.236 e. The Balaban J connectivity index is 2.83. The van der Waals surface area contributed by atoms with E-state index in [4.69, 9.17) is 0 Å². The van der Waals surface area contributed by atoms with Gasteiger partial charge in [0.15, 0.2) is 0 Å². The second-order valence-electron chi connectivity index (χ2n) is 1.79. The van der Waals surface area contributed by atoms with Crippen molar-refractivity contribution in [2.75, 3.05) is 6.61 Å². The molecule has 0 amide bonds. The predicted molar refractivity (Wildman–Crippen MR) is 29.3 cm³/mol. The lowest BCUT2D eigenvalue weighted by Crippen LogP contribution is -1.94. The van der Waals surface area contributed by atoms with Crippen LogP contribution in [0.25, 0.3) is 0 Å². The Morgan fingerprint density at radius 3 is 2.43 bits per heavy atom. The molecule has 0 aliphatic rings. The molecule has 1 nitrogen and oxygen atoms in total. The molecule has 0 N–H and O–H groups in total. The SMILES string of the molecule is CCC(C)[CH]C[O]. The summed E-state index contributed by atoms with van der Waals surface area (Å²) >= 11 is 0. The molecular formula is C6H12O. The van der Waals surface area contributed by atoms with Crippen LogP contribution in [0.5, 0.6) is 0 Å². The molecule has 0 aromatic rings. The molecule has 0 heterocycles. The van der Waals surface area contributed by atoms with Crippen molar-refractivity contribution >= 4 is 0 Å². The van der Waals surface area contributed by atoms with Crippen molar-refractivity contribution in [1.82, 2.24) is 0 Å². The summed E-state index contributed by atoms with van der Waals surface area (Å²) < 4.78 is 0. The minimum atomic E-state index is -0.0327. The van der Waals surface area contributed by atoms with E-state index >= 15 is 0 Å². The van der Waals surface area contributed by atoms with Gasteiger partial charge in [0, 0.05) is 0 Å². The second kappa shape index (κ2) is 4.13. The zero-order valence-corrected chi connectivity index (χ0v) is 4.98. The van der Waals surface area contributed by atoms with Crippen LogP contribution in [-0.2, 0) is 5.11 Å². The molecule has 0 rings (SSSR count). The van der Waals surface area contributed by atoms with Crippen LogP contribution >= 0.6 is 0 Å². The molecule has 42 valence electrons. The van der Waals surface area contributed by atoms with Crippen molar-refractivity contribution in [3.05, 3.63) is 6.42 Å². The van der Waals surface area contributed by atoms with Gasteiger partial charge >= 0.3 is 0 Å². The molecule has 0 spiro atoms. The maximum Gasteiger partial charge on any atom is 0.0856 e. The zero-order chi connectivity index (χ0) is 5.70. The number of rotatable bonds is 3. The van der Waals surface area contributed by atoms with E-state index < -0.39 is 0 Å². The quantitative estimate of drug-likeness (QED) is 0.514. The van der Waals surface area contributed by atoms with Crippen LogP contribution in [0, 0.1) is 12.3 Å². The first-order valence-corrected chi connectivity index (χ1v) is 2.72. The molecule has 1 atom stereocenters. The van der Waals surface area contributed by atoms with Crippen molar-refractivity contribution < 1.29 is 5.11 Å². The van der Waals surface area contributed by atoms with Gasteiger partial charge in [-0.15, -0.1) is 0 Å². The Labute approximate surface area is 45.4 Å². The molecule has 0 saturated carbocycles. The molecular weight excluding hydrogens is 88.1 g/mol. The van der Waals surface area contributed by atoms with Crippen molar-refractivity contribution in [2.45, 2.75) is 20.3 Å². The van der Waals surface area contributed by atoms with Gasteiger partial charge in [-0.2, -0.15) is 0 Å². The Kier molecular flexibility index (Phi) is 4.10. The minimum absolute atomic E-state index is 0.0327. The average molecular weight is 100 g/mol. The number of hydrogen-bond donors (Lipinski definition) is 0. The fourth-order valence-corrected chi connectivity index (χ4v) is 0.331. The zero-order valence-electron chi connectivity index (χ0n) is 4.98. The van der Waals surface area contributed by atoms with Gasteiger partial charge < -0.3 is 0 Å². The van der Waals surface area contributed by atoms with Crippen LogP contribution in [0.4, 0.5) is 0 Å². The van der Waals surface area contributed by atoms with Crippen molar-refractivity contribution in [2.24, 2.45) is 5.92 Å². The standard InChI is InChI=1S/C6H12O/c1-3-6(2)4-5-7/h4,6H,3,5H2,1-2H3. The fraction of sp³-hybridized carbons (Fsp3) is 0.833. The summed E-state index contributed by atoms with van der Waals surface area (Å²) in [4.78, 5) is 0.